The molecular weight excluding hydrogens is 239 g/mol. The molecule has 0 bridgehead atoms. The highest BCUT2D eigenvalue weighted by molar-refractivity contribution is 7.10. The highest BCUT2D eigenvalue weighted by Crippen LogP contribution is 2.23. The number of thiazole rings is 1. The molecule has 0 aliphatic carbocycles. The zero-order valence-electron chi connectivity index (χ0n) is 9.24. The second-order valence-electron chi connectivity index (χ2n) is 3.73. The molecule has 17 heavy (non-hydrogen) atoms. The average Bonchev–Trinajstić information content (AvgIpc) is 2.69. The first-order chi connectivity index (χ1) is 8.06. The van der Waals surface area contributed by atoms with Crippen molar-refractivity contribution in [2.75, 3.05) is 0 Å². The van der Waals surface area contributed by atoms with Gasteiger partial charge >= 0.3 is 0 Å². The number of carbonyl (C=O) groups excluding carboxylic acids is 1. The number of hydrogen-bond donors (Lipinski definition) is 1. The molecule has 0 fully saturated rings. The molecule has 3 nitrogen and oxygen atoms in total. The van der Waals surface area contributed by atoms with Gasteiger partial charge in [0.25, 0.3) is 0 Å². The Morgan fingerprint density at radius 2 is 2.29 bits per heavy atom. The third-order valence-electron chi connectivity index (χ3n) is 2.33. The summed E-state index contributed by atoms with van der Waals surface area (Å²) >= 11 is 1.38. The Kier molecular flexibility index (Phi) is 3.19. The van der Waals surface area contributed by atoms with Crippen LogP contribution in [-0.4, -0.2) is 10.9 Å². The van der Waals surface area contributed by atoms with Gasteiger partial charge in [0.15, 0.2) is 0 Å². The standard InChI is InChI=1S/C12H11FN2OS/c1-7-4-8(2-3-9(7)13)10-6-17-12(15-10)5-11(14)16/h2-4,6H,5H2,1H3,(H2,14,16). The minimum Gasteiger partial charge on any atom is -0.369 e. The third kappa shape index (κ3) is 2.68. The van der Waals surface area contributed by atoms with Crippen LogP contribution in [0.3, 0.4) is 0 Å². The quantitative estimate of drug-likeness (QED) is 0.908. The summed E-state index contributed by atoms with van der Waals surface area (Å²) in [5, 5.41) is 2.51. The summed E-state index contributed by atoms with van der Waals surface area (Å²) in [6.45, 7) is 1.70. The van der Waals surface area contributed by atoms with Gasteiger partial charge in [0.2, 0.25) is 5.91 Å². The van der Waals surface area contributed by atoms with Crippen molar-refractivity contribution in [3.8, 4) is 11.3 Å². The Morgan fingerprint density at radius 1 is 1.53 bits per heavy atom. The fourth-order valence-electron chi connectivity index (χ4n) is 1.48. The van der Waals surface area contributed by atoms with Gasteiger partial charge in [-0.25, -0.2) is 9.37 Å². The van der Waals surface area contributed by atoms with Crippen LogP contribution < -0.4 is 5.73 Å². The van der Waals surface area contributed by atoms with Crippen LogP contribution in [0.2, 0.25) is 0 Å². The third-order valence-corrected chi connectivity index (χ3v) is 3.18. The summed E-state index contributed by atoms with van der Waals surface area (Å²) in [5.41, 5.74) is 7.26. The lowest BCUT2D eigenvalue weighted by atomic mass is 10.1. The van der Waals surface area contributed by atoms with Crippen molar-refractivity contribution in [1.82, 2.24) is 4.98 Å². The molecular formula is C12H11FN2OS. The van der Waals surface area contributed by atoms with E-state index in [9.17, 15) is 9.18 Å². The molecule has 0 radical (unpaired) electrons. The molecule has 1 aromatic heterocycles. The van der Waals surface area contributed by atoms with Gasteiger partial charge in [-0.3, -0.25) is 4.79 Å². The monoisotopic (exact) mass is 250 g/mol. The number of amides is 1. The fourth-order valence-corrected chi connectivity index (χ4v) is 2.29. The van der Waals surface area contributed by atoms with Crippen molar-refractivity contribution in [3.05, 3.63) is 40.0 Å². The number of nitrogens with zero attached hydrogens (tertiary/aromatic N) is 1. The van der Waals surface area contributed by atoms with Crippen molar-refractivity contribution in [2.45, 2.75) is 13.3 Å². The summed E-state index contributed by atoms with van der Waals surface area (Å²) in [4.78, 5) is 15.0. The molecule has 5 heteroatoms. The van der Waals surface area contributed by atoms with Crippen LogP contribution in [0.1, 0.15) is 10.6 Å². The maximum Gasteiger partial charge on any atom is 0.224 e. The lowest BCUT2D eigenvalue weighted by Gasteiger charge is -1.99. The maximum absolute atomic E-state index is 13.1. The number of aryl methyl sites for hydroxylation is 1. The van der Waals surface area contributed by atoms with E-state index < -0.39 is 5.91 Å². The lowest BCUT2D eigenvalue weighted by molar-refractivity contribution is -0.117. The van der Waals surface area contributed by atoms with Gasteiger partial charge in [-0.15, -0.1) is 11.3 Å². The predicted molar refractivity (Wildman–Crippen MR) is 65.1 cm³/mol. The molecule has 1 amide bonds. The molecule has 1 aromatic carbocycles. The van der Waals surface area contributed by atoms with Crippen LogP contribution in [0.5, 0.6) is 0 Å². The molecule has 0 atom stereocenters. The Bertz CT molecular complexity index is 565. The number of carbonyl (C=O) groups is 1. The van der Waals surface area contributed by atoms with Gasteiger partial charge in [0.1, 0.15) is 10.8 Å². The van der Waals surface area contributed by atoms with Gasteiger partial charge in [-0.1, -0.05) is 0 Å². The molecule has 0 saturated carbocycles. The van der Waals surface area contributed by atoms with Crippen LogP contribution in [0, 0.1) is 12.7 Å². The molecule has 0 spiro atoms. The van der Waals surface area contributed by atoms with Crippen LogP contribution in [0.4, 0.5) is 4.39 Å². The number of rotatable bonds is 3. The van der Waals surface area contributed by atoms with Crippen molar-refractivity contribution < 1.29 is 9.18 Å². The normalized spacial score (nSPS) is 10.5. The number of aromatic nitrogens is 1. The zero-order valence-corrected chi connectivity index (χ0v) is 10.1. The van der Waals surface area contributed by atoms with Gasteiger partial charge in [0.05, 0.1) is 12.1 Å². The number of halogens is 1. The molecule has 2 N–H and O–H groups in total. The van der Waals surface area contributed by atoms with Crippen molar-refractivity contribution in [1.29, 1.82) is 0 Å². The van der Waals surface area contributed by atoms with Gasteiger partial charge < -0.3 is 5.73 Å². The van der Waals surface area contributed by atoms with Gasteiger partial charge in [-0.05, 0) is 30.7 Å². The van der Waals surface area contributed by atoms with E-state index in [0.717, 1.165) is 11.3 Å². The Labute approximate surface area is 102 Å². The molecule has 0 unspecified atom stereocenters. The largest absolute Gasteiger partial charge is 0.369 e. The summed E-state index contributed by atoms with van der Waals surface area (Å²) in [5.74, 6) is -0.637. The first-order valence-corrected chi connectivity index (χ1v) is 5.93. The highest BCUT2D eigenvalue weighted by atomic mass is 32.1. The van der Waals surface area contributed by atoms with E-state index in [1.807, 2.05) is 5.38 Å². The molecule has 1 heterocycles. The minimum atomic E-state index is -0.402. The van der Waals surface area contributed by atoms with Crippen LogP contribution in [0.15, 0.2) is 23.6 Å². The molecule has 88 valence electrons. The Morgan fingerprint density at radius 3 is 2.94 bits per heavy atom. The Balaban J connectivity index is 2.30. The zero-order chi connectivity index (χ0) is 12.4. The topological polar surface area (TPSA) is 56.0 Å². The summed E-state index contributed by atoms with van der Waals surface area (Å²) in [7, 11) is 0. The number of primary amides is 1. The number of hydrogen-bond acceptors (Lipinski definition) is 3. The second-order valence-corrected chi connectivity index (χ2v) is 4.68. The van der Waals surface area contributed by atoms with Gasteiger partial charge in [0, 0.05) is 10.9 Å². The molecule has 2 rings (SSSR count). The van der Waals surface area contributed by atoms with E-state index >= 15 is 0 Å². The van der Waals surface area contributed by atoms with Crippen LogP contribution in [-0.2, 0) is 11.2 Å². The fraction of sp³-hybridized carbons (Fsp3) is 0.167. The SMILES string of the molecule is Cc1cc(-c2csc(CC(N)=O)n2)ccc1F. The molecule has 2 aromatic rings. The predicted octanol–water partition coefficient (Wildman–Crippen LogP) is 2.29. The molecule has 0 aliphatic rings. The highest BCUT2D eigenvalue weighted by Gasteiger charge is 2.08. The molecule has 0 aliphatic heterocycles. The van der Waals surface area contributed by atoms with Crippen molar-refractivity contribution >= 4 is 17.2 Å². The minimum absolute atomic E-state index is 0.144. The number of nitrogens with two attached hydrogens (primary N) is 1. The first-order valence-electron chi connectivity index (χ1n) is 5.05. The van der Waals surface area contributed by atoms with E-state index in [1.165, 1.54) is 17.4 Å². The van der Waals surface area contributed by atoms with Crippen LogP contribution >= 0.6 is 11.3 Å². The maximum atomic E-state index is 13.1. The van der Waals surface area contributed by atoms with Gasteiger partial charge in [-0.2, -0.15) is 0 Å². The smallest absolute Gasteiger partial charge is 0.224 e. The van der Waals surface area contributed by atoms with Crippen molar-refractivity contribution in [3.63, 3.8) is 0 Å². The average molecular weight is 250 g/mol. The molecule has 0 saturated heterocycles. The first kappa shape index (κ1) is 11.7. The summed E-state index contributed by atoms with van der Waals surface area (Å²) < 4.78 is 13.1. The van der Waals surface area contributed by atoms with Crippen LogP contribution in [0.25, 0.3) is 11.3 Å². The number of benzene rings is 1. The van der Waals surface area contributed by atoms with E-state index in [-0.39, 0.29) is 12.2 Å². The van der Waals surface area contributed by atoms with E-state index in [2.05, 4.69) is 4.98 Å². The second kappa shape index (κ2) is 4.63. The summed E-state index contributed by atoms with van der Waals surface area (Å²) in [6, 6.07) is 4.82. The summed E-state index contributed by atoms with van der Waals surface area (Å²) in [6.07, 6.45) is 0.144. The van der Waals surface area contributed by atoms with Crippen molar-refractivity contribution in [2.24, 2.45) is 5.73 Å². The van der Waals surface area contributed by atoms with E-state index in [4.69, 9.17) is 5.73 Å². The van der Waals surface area contributed by atoms with E-state index in [1.54, 1.807) is 19.1 Å². The van der Waals surface area contributed by atoms with E-state index in [0.29, 0.717) is 10.6 Å². The Hall–Kier alpha value is -1.75. The lowest BCUT2D eigenvalue weighted by Crippen LogP contribution is -2.13.